The van der Waals surface area contributed by atoms with Gasteiger partial charge >= 0.3 is 0 Å². The molecule has 1 aliphatic rings. The third-order valence-electron chi connectivity index (χ3n) is 4.34. The van der Waals surface area contributed by atoms with E-state index in [4.69, 9.17) is 4.74 Å². The van der Waals surface area contributed by atoms with E-state index in [-0.39, 0.29) is 11.8 Å². The number of fused-ring (bicyclic) bond motifs is 1. The molecule has 3 rings (SSSR count). The quantitative estimate of drug-likeness (QED) is 0.912. The van der Waals surface area contributed by atoms with Crippen molar-refractivity contribution in [2.45, 2.75) is 32.9 Å². The van der Waals surface area contributed by atoms with Crippen molar-refractivity contribution in [3.8, 4) is 5.75 Å². The van der Waals surface area contributed by atoms with E-state index < -0.39 is 6.04 Å². The van der Waals surface area contributed by atoms with E-state index in [1.54, 1.807) is 4.90 Å². The fraction of sp³-hybridized carbons (Fsp3) is 0.300. The summed E-state index contributed by atoms with van der Waals surface area (Å²) in [5.74, 6) is 0.487. The molecule has 0 aliphatic carbocycles. The molecular formula is C20H22N2O3. The van der Waals surface area contributed by atoms with E-state index in [1.807, 2.05) is 55.5 Å². The number of rotatable bonds is 5. The van der Waals surface area contributed by atoms with Gasteiger partial charge in [-0.3, -0.25) is 14.5 Å². The minimum Gasteiger partial charge on any atom is -0.494 e. The van der Waals surface area contributed by atoms with Gasteiger partial charge in [0.1, 0.15) is 11.8 Å². The smallest absolute Gasteiger partial charge is 0.243 e. The van der Waals surface area contributed by atoms with Crippen LogP contribution < -0.4 is 15.0 Å². The number of ether oxygens (including phenoxy) is 1. The maximum absolute atomic E-state index is 12.7. The van der Waals surface area contributed by atoms with E-state index in [2.05, 4.69) is 5.32 Å². The molecule has 5 heteroatoms. The lowest BCUT2D eigenvalue weighted by molar-refractivity contribution is -0.125. The molecule has 0 spiro atoms. The Hall–Kier alpha value is -2.82. The first-order valence-electron chi connectivity index (χ1n) is 8.48. The molecule has 25 heavy (non-hydrogen) atoms. The normalized spacial score (nSPS) is 15.6. The molecule has 0 saturated carbocycles. The highest BCUT2D eigenvalue weighted by molar-refractivity contribution is 6.02. The number of anilines is 1. The molecule has 0 fully saturated rings. The number of carbonyl (C=O) groups excluding carboxylic acids is 2. The molecule has 0 saturated heterocycles. The lowest BCUT2D eigenvalue weighted by atomic mass is 10.1. The molecule has 1 aliphatic heterocycles. The summed E-state index contributed by atoms with van der Waals surface area (Å²) in [6.07, 6.45) is 0.536. The van der Waals surface area contributed by atoms with Crippen LogP contribution in [0.1, 0.15) is 25.0 Å². The zero-order valence-corrected chi connectivity index (χ0v) is 14.5. The lowest BCUT2D eigenvalue weighted by Gasteiger charge is -2.23. The summed E-state index contributed by atoms with van der Waals surface area (Å²) in [4.78, 5) is 26.4. The zero-order chi connectivity index (χ0) is 17.8. The Morgan fingerprint density at radius 2 is 1.88 bits per heavy atom. The molecule has 0 bridgehead atoms. The Labute approximate surface area is 147 Å². The van der Waals surface area contributed by atoms with Gasteiger partial charge in [-0.15, -0.1) is 0 Å². The van der Waals surface area contributed by atoms with Crippen molar-refractivity contribution >= 4 is 17.5 Å². The Balaban J connectivity index is 1.73. The fourth-order valence-electron chi connectivity index (χ4n) is 3.23. The Morgan fingerprint density at radius 3 is 2.64 bits per heavy atom. The summed E-state index contributed by atoms with van der Waals surface area (Å²) in [6, 6.07) is 14.8. The molecule has 2 amide bonds. The number of para-hydroxylation sites is 2. The average molecular weight is 338 g/mol. The molecule has 130 valence electrons. The summed E-state index contributed by atoms with van der Waals surface area (Å²) in [5, 5.41) is 2.95. The van der Waals surface area contributed by atoms with Crippen LogP contribution in [0.5, 0.6) is 5.75 Å². The van der Waals surface area contributed by atoms with Crippen LogP contribution in [0.2, 0.25) is 0 Å². The molecule has 1 heterocycles. The van der Waals surface area contributed by atoms with Gasteiger partial charge in [0.2, 0.25) is 11.8 Å². The van der Waals surface area contributed by atoms with Gasteiger partial charge < -0.3 is 10.1 Å². The van der Waals surface area contributed by atoms with Gasteiger partial charge in [0.15, 0.2) is 0 Å². The summed E-state index contributed by atoms with van der Waals surface area (Å²) in [6.45, 7) is 4.36. The largest absolute Gasteiger partial charge is 0.494 e. The number of benzene rings is 2. The van der Waals surface area contributed by atoms with Crippen molar-refractivity contribution in [1.29, 1.82) is 0 Å². The van der Waals surface area contributed by atoms with Crippen LogP contribution in [0.15, 0.2) is 48.5 Å². The summed E-state index contributed by atoms with van der Waals surface area (Å²) >= 11 is 0. The van der Waals surface area contributed by atoms with E-state index in [0.29, 0.717) is 19.6 Å². The topological polar surface area (TPSA) is 58.6 Å². The van der Waals surface area contributed by atoms with Gasteiger partial charge in [0.25, 0.3) is 0 Å². The molecule has 5 nitrogen and oxygen atoms in total. The van der Waals surface area contributed by atoms with Crippen molar-refractivity contribution in [3.05, 3.63) is 59.7 Å². The molecular weight excluding hydrogens is 316 g/mol. The van der Waals surface area contributed by atoms with Crippen LogP contribution in [0.3, 0.4) is 0 Å². The van der Waals surface area contributed by atoms with Gasteiger partial charge in [-0.1, -0.05) is 36.4 Å². The van der Waals surface area contributed by atoms with Gasteiger partial charge in [0, 0.05) is 31.1 Å². The number of hydrogen-bond donors (Lipinski definition) is 1. The first-order chi connectivity index (χ1) is 12.1. The molecule has 0 unspecified atom stereocenters. The second-order valence-electron chi connectivity index (χ2n) is 6.00. The van der Waals surface area contributed by atoms with E-state index in [0.717, 1.165) is 22.6 Å². The number of carbonyl (C=O) groups is 2. The number of amides is 2. The SMILES string of the molecule is CCOc1ccccc1CNC(=O)[C@H]1Cc2ccccc2N1C(C)=O. The number of nitrogens with zero attached hydrogens (tertiary/aromatic N) is 1. The first-order valence-corrected chi connectivity index (χ1v) is 8.48. The third kappa shape index (κ3) is 3.50. The maximum atomic E-state index is 12.7. The standard InChI is InChI=1S/C20H22N2O3/c1-3-25-19-11-7-5-9-16(19)13-21-20(24)18-12-15-8-4-6-10-17(15)22(18)14(2)23/h4-11,18H,3,12-13H2,1-2H3,(H,21,24)/t18-/m1/s1. The van der Waals surface area contributed by atoms with Gasteiger partial charge in [-0.05, 0) is 24.6 Å². The Kier molecular flexibility index (Phi) is 5.03. The number of nitrogens with one attached hydrogen (secondary N) is 1. The Morgan fingerprint density at radius 1 is 1.16 bits per heavy atom. The van der Waals surface area contributed by atoms with Crippen molar-refractivity contribution in [2.75, 3.05) is 11.5 Å². The predicted molar refractivity (Wildman–Crippen MR) is 96.6 cm³/mol. The van der Waals surface area contributed by atoms with Crippen LogP contribution in [0.4, 0.5) is 5.69 Å². The van der Waals surface area contributed by atoms with Crippen LogP contribution in [0.25, 0.3) is 0 Å². The van der Waals surface area contributed by atoms with E-state index in [1.165, 1.54) is 6.92 Å². The molecule has 0 radical (unpaired) electrons. The fourth-order valence-corrected chi connectivity index (χ4v) is 3.23. The van der Waals surface area contributed by atoms with Crippen molar-refractivity contribution in [3.63, 3.8) is 0 Å². The minimum absolute atomic E-state index is 0.125. The molecule has 2 aromatic carbocycles. The molecule has 0 aromatic heterocycles. The highest BCUT2D eigenvalue weighted by Crippen LogP contribution is 2.32. The summed E-state index contributed by atoms with van der Waals surface area (Å²) < 4.78 is 5.59. The average Bonchev–Trinajstić information content (AvgIpc) is 3.01. The van der Waals surface area contributed by atoms with E-state index >= 15 is 0 Å². The highest BCUT2D eigenvalue weighted by Gasteiger charge is 2.36. The van der Waals surface area contributed by atoms with Crippen molar-refractivity contribution in [1.82, 2.24) is 5.32 Å². The van der Waals surface area contributed by atoms with Crippen molar-refractivity contribution < 1.29 is 14.3 Å². The maximum Gasteiger partial charge on any atom is 0.243 e. The monoisotopic (exact) mass is 338 g/mol. The van der Waals surface area contributed by atoms with Gasteiger partial charge in [0.05, 0.1) is 6.61 Å². The third-order valence-corrected chi connectivity index (χ3v) is 4.34. The molecule has 1 atom stereocenters. The van der Waals surface area contributed by atoms with Crippen molar-refractivity contribution in [2.24, 2.45) is 0 Å². The second-order valence-corrected chi connectivity index (χ2v) is 6.00. The lowest BCUT2D eigenvalue weighted by Crippen LogP contribution is -2.47. The summed E-state index contributed by atoms with van der Waals surface area (Å²) in [5.41, 5.74) is 2.76. The van der Waals surface area contributed by atoms with Gasteiger partial charge in [-0.25, -0.2) is 0 Å². The Bertz CT molecular complexity index is 788. The zero-order valence-electron chi connectivity index (χ0n) is 14.5. The van der Waals surface area contributed by atoms with Crippen LogP contribution >= 0.6 is 0 Å². The van der Waals surface area contributed by atoms with Crippen LogP contribution in [-0.4, -0.2) is 24.5 Å². The molecule has 2 aromatic rings. The van der Waals surface area contributed by atoms with Gasteiger partial charge in [-0.2, -0.15) is 0 Å². The summed E-state index contributed by atoms with van der Waals surface area (Å²) in [7, 11) is 0. The van der Waals surface area contributed by atoms with Crippen LogP contribution in [0, 0.1) is 0 Å². The molecule has 1 N–H and O–H groups in total. The minimum atomic E-state index is -0.505. The highest BCUT2D eigenvalue weighted by atomic mass is 16.5. The first kappa shape index (κ1) is 17.0. The predicted octanol–water partition coefficient (Wildman–Crippen LogP) is 2.68. The number of hydrogen-bond acceptors (Lipinski definition) is 3. The van der Waals surface area contributed by atoms with E-state index in [9.17, 15) is 9.59 Å². The second kappa shape index (κ2) is 7.38. The van der Waals surface area contributed by atoms with Crippen LogP contribution in [-0.2, 0) is 22.6 Å².